The first-order valence-corrected chi connectivity index (χ1v) is 11.2. The van der Waals surface area contributed by atoms with Crippen molar-refractivity contribution in [1.82, 2.24) is 30.1 Å². The number of aromatic amines is 2. The van der Waals surface area contributed by atoms with Crippen molar-refractivity contribution in [2.45, 2.75) is 27.2 Å². The van der Waals surface area contributed by atoms with Gasteiger partial charge in [-0.1, -0.05) is 44.4 Å². The fourth-order valence-electron chi connectivity index (χ4n) is 3.70. The molecule has 0 fully saturated rings. The molecule has 6 nitrogen and oxygen atoms in total. The summed E-state index contributed by atoms with van der Waals surface area (Å²) in [4.78, 5) is 16.8. The number of rotatable bonds is 7. The Labute approximate surface area is 199 Å². The third-order valence-corrected chi connectivity index (χ3v) is 5.68. The summed E-state index contributed by atoms with van der Waals surface area (Å²) in [5.74, 6) is 0.660. The average Bonchev–Trinajstić information content (AvgIpc) is 3.43. The molecular weight excluding hydrogens is 420 g/mol. The Kier molecular flexibility index (Phi) is 6.78. The minimum absolute atomic E-state index is 0.660. The molecular formula is C28H28N6. The van der Waals surface area contributed by atoms with Gasteiger partial charge in [0.25, 0.3) is 0 Å². The van der Waals surface area contributed by atoms with Gasteiger partial charge in [-0.3, -0.25) is 15.1 Å². The van der Waals surface area contributed by atoms with E-state index in [9.17, 15) is 0 Å². The minimum atomic E-state index is 0.660. The summed E-state index contributed by atoms with van der Waals surface area (Å²) in [6.45, 7) is 14.3. The number of aromatic nitrogens is 6. The molecule has 0 saturated carbocycles. The van der Waals surface area contributed by atoms with E-state index >= 15 is 0 Å². The molecule has 0 bridgehead atoms. The summed E-state index contributed by atoms with van der Waals surface area (Å²) < 4.78 is 0. The molecule has 2 N–H and O–H groups in total. The second-order valence-corrected chi connectivity index (χ2v) is 8.03. The van der Waals surface area contributed by atoms with Crippen LogP contribution in [0, 0.1) is 6.92 Å². The maximum atomic E-state index is 4.85. The van der Waals surface area contributed by atoms with Crippen LogP contribution in [0.15, 0.2) is 67.8 Å². The third kappa shape index (κ3) is 4.71. The lowest BCUT2D eigenvalue weighted by Gasteiger charge is -2.04. The van der Waals surface area contributed by atoms with Gasteiger partial charge in [0.15, 0.2) is 5.82 Å². The zero-order valence-electron chi connectivity index (χ0n) is 19.8. The van der Waals surface area contributed by atoms with Gasteiger partial charge in [0.2, 0.25) is 0 Å². The van der Waals surface area contributed by atoms with Gasteiger partial charge in [0.05, 0.1) is 11.0 Å². The van der Waals surface area contributed by atoms with Crippen molar-refractivity contribution in [2.75, 3.05) is 0 Å². The Balaban J connectivity index is 1.69. The lowest BCUT2D eigenvalue weighted by atomic mass is 10.0. The molecule has 0 aliphatic carbocycles. The second-order valence-electron chi connectivity index (χ2n) is 8.03. The van der Waals surface area contributed by atoms with E-state index in [1.807, 2.05) is 49.8 Å². The highest BCUT2D eigenvalue weighted by molar-refractivity contribution is 5.80. The van der Waals surface area contributed by atoms with Crippen LogP contribution < -0.4 is 10.6 Å². The third-order valence-electron chi connectivity index (χ3n) is 5.68. The molecule has 0 amide bonds. The molecule has 0 radical (unpaired) electrons. The number of hydrogen-bond donors (Lipinski definition) is 2. The summed E-state index contributed by atoms with van der Waals surface area (Å²) in [7, 11) is 0. The van der Waals surface area contributed by atoms with Crippen LogP contribution in [0.3, 0.4) is 0 Å². The van der Waals surface area contributed by atoms with Crippen LogP contribution in [0.5, 0.6) is 0 Å². The largest absolute Gasteiger partial charge is 0.340 e. The summed E-state index contributed by atoms with van der Waals surface area (Å²) in [5, 5.41) is 9.19. The van der Waals surface area contributed by atoms with Crippen LogP contribution in [0.4, 0.5) is 0 Å². The quantitative estimate of drug-likeness (QED) is 0.411. The summed E-state index contributed by atoms with van der Waals surface area (Å²) in [6, 6.07) is 6.08. The predicted octanol–water partition coefficient (Wildman–Crippen LogP) is 4.37. The summed E-state index contributed by atoms with van der Waals surface area (Å²) in [5.41, 5.74) is 7.79. The van der Waals surface area contributed by atoms with Gasteiger partial charge in [-0.15, -0.1) is 0 Å². The maximum Gasteiger partial charge on any atom is 0.159 e. The first-order chi connectivity index (χ1) is 16.5. The fourth-order valence-corrected chi connectivity index (χ4v) is 3.70. The van der Waals surface area contributed by atoms with E-state index < -0.39 is 0 Å². The first kappa shape index (κ1) is 22.9. The van der Waals surface area contributed by atoms with Gasteiger partial charge in [0.1, 0.15) is 5.69 Å². The van der Waals surface area contributed by atoms with Crippen molar-refractivity contribution >= 4 is 23.8 Å². The molecule has 0 saturated heterocycles. The number of hydrogen-bond acceptors (Lipinski definition) is 4. The van der Waals surface area contributed by atoms with Gasteiger partial charge in [-0.05, 0) is 55.2 Å². The zero-order valence-corrected chi connectivity index (χ0v) is 19.8. The molecule has 4 aromatic heterocycles. The molecule has 0 aromatic carbocycles. The van der Waals surface area contributed by atoms with Crippen molar-refractivity contribution in [3.8, 4) is 11.5 Å². The Morgan fingerprint density at radius 2 is 1.94 bits per heavy atom. The fraction of sp³-hybridized carbons (Fsp3) is 0.143. The Bertz CT molecular complexity index is 1490. The zero-order chi connectivity index (χ0) is 24.1. The predicted molar refractivity (Wildman–Crippen MR) is 139 cm³/mol. The van der Waals surface area contributed by atoms with E-state index in [0.717, 1.165) is 50.6 Å². The molecule has 0 aliphatic rings. The molecule has 6 heteroatoms. The molecule has 0 atom stereocenters. The molecule has 34 heavy (non-hydrogen) atoms. The number of allylic oxidation sites excluding steroid dienone is 4. The molecule has 4 rings (SSSR count). The van der Waals surface area contributed by atoms with Gasteiger partial charge in [0, 0.05) is 46.8 Å². The number of nitrogens with zero attached hydrogens (tertiary/aromatic N) is 4. The van der Waals surface area contributed by atoms with Crippen LogP contribution in [-0.2, 0) is 6.42 Å². The van der Waals surface area contributed by atoms with E-state index in [2.05, 4.69) is 64.3 Å². The highest BCUT2D eigenvalue weighted by atomic mass is 15.1. The maximum absolute atomic E-state index is 4.85. The van der Waals surface area contributed by atoms with Gasteiger partial charge in [-0.25, -0.2) is 4.98 Å². The smallest absolute Gasteiger partial charge is 0.159 e. The molecule has 4 heterocycles. The molecule has 0 spiro atoms. The van der Waals surface area contributed by atoms with E-state index in [0.29, 0.717) is 11.5 Å². The van der Waals surface area contributed by atoms with Crippen molar-refractivity contribution in [3.63, 3.8) is 0 Å². The standard InChI is InChI=1S/C28H28N6/c1-6-9-24(22-10-8-13-29-16-22)27-20(5)31-28(32-27)26-19(4)25(33-34-26)12-11-18(3)23-14-21(7-2)15-30-17-23/h6,8-17,33H,1,4,7H2,2-3,5H3,(H,31,32)/b18-11+,24-9-,25-12+. The van der Waals surface area contributed by atoms with Crippen molar-refractivity contribution < 1.29 is 0 Å². The van der Waals surface area contributed by atoms with Crippen LogP contribution in [0.2, 0.25) is 0 Å². The van der Waals surface area contributed by atoms with E-state index in [1.54, 1.807) is 12.3 Å². The van der Waals surface area contributed by atoms with Crippen LogP contribution in [0.25, 0.3) is 35.3 Å². The monoisotopic (exact) mass is 448 g/mol. The number of imidazole rings is 1. The number of aryl methyl sites for hydroxylation is 2. The number of nitrogens with one attached hydrogen (secondary N) is 2. The average molecular weight is 449 g/mol. The number of H-pyrrole nitrogens is 2. The topological polar surface area (TPSA) is 83.1 Å². The summed E-state index contributed by atoms with van der Waals surface area (Å²) in [6.07, 6.45) is 16.0. The molecule has 4 aromatic rings. The first-order valence-electron chi connectivity index (χ1n) is 11.2. The van der Waals surface area contributed by atoms with Crippen LogP contribution >= 0.6 is 0 Å². The second kappa shape index (κ2) is 10.1. The van der Waals surface area contributed by atoms with E-state index in [-0.39, 0.29) is 0 Å². The minimum Gasteiger partial charge on any atom is -0.340 e. The van der Waals surface area contributed by atoms with Crippen LogP contribution in [0.1, 0.15) is 41.9 Å². The lowest BCUT2D eigenvalue weighted by Crippen LogP contribution is -2.21. The van der Waals surface area contributed by atoms with Gasteiger partial charge in [-0.2, -0.15) is 5.10 Å². The Morgan fingerprint density at radius 3 is 2.68 bits per heavy atom. The molecule has 0 unspecified atom stereocenters. The van der Waals surface area contributed by atoms with Crippen molar-refractivity contribution in [2.24, 2.45) is 0 Å². The highest BCUT2D eigenvalue weighted by Crippen LogP contribution is 2.26. The van der Waals surface area contributed by atoms with Crippen LogP contribution in [-0.4, -0.2) is 30.1 Å². The summed E-state index contributed by atoms with van der Waals surface area (Å²) >= 11 is 0. The number of pyridine rings is 2. The highest BCUT2D eigenvalue weighted by Gasteiger charge is 2.16. The van der Waals surface area contributed by atoms with Gasteiger partial charge >= 0.3 is 0 Å². The van der Waals surface area contributed by atoms with Gasteiger partial charge < -0.3 is 4.98 Å². The van der Waals surface area contributed by atoms with E-state index in [1.165, 1.54) is 5.56 Å². The SMILES string of the molecule is C=C/C=C(/c1cccnc1)c1nc(-c2n[nH]/c(=C/C=C(\C)c3cncc(CC)c3)c2=C)[nH]c1C. The van der Waals surface area contributed by atoms with Crippen molar-refractivity contribution in [3.05, 3.63) is 106 Å². The normalized spacial score (nSPS) is 12.9. The van der Waals surface area contributed by atoms with Crippen molar-refractivity contribution in [1.29, 1.82) is 0 Å². The van der Waals surface area contributed by atoms with E-state index in [4.69, 9.17) is 4.98 Å². The Morgan fingerprint density at radius 1 is 1.12 bits per heavy atom. The molecule has 170 valence electrons. The lowest BCUT2D eigenvalue weighted by molar-refractivity contribution is 1.05. The Hall–Kier alpha value is -4.32. The molecule has 0 aliphatic heterocycles.